The van der Waals surface area contributed by atoms with Crippen molar-refractivity contribution in [2.45, 2.75) is 46.2 Å². The molecule has 2 rings (SSSR count). The van der Waals surface area contributed by atoms with E-state index in [1.807, 2.05) is 38.1 Å². The number of hydrogen-bond acceptors (Lipinski definition) is 3. The van der Waals surface area contributed by atoms with Crippen LogP contribution in [-0.2, 0) is 16.1 Å². The van der Waals surface area contributed by atoms with Gasteiger partial charge in [-0.05, 0) is 36.6 Å². The summed E-state index contributed by atoms with van der Waals surface area (Å²) < 4.78 is 0. The van der Waals surface area contributed by atoms with Gasteiger partial charge >= 0.3 is 0 Å². The largest absolute Gasteiger partial charge is 0.330 e. The Morgan fingerprint density at radius 1 is 1.33 bits per heavy atom. The molecule has 24 heavy (non-hydrogen) atoms. The lowest BCUT2D eigenvalue weighted by Gasteiger charge is -2.29. The zero-order valence-electron chi connectivity index (χ0n) is 14.7. The highest BCUT2D eigenvalue weighted by atomic mass is 35.5. The average Bonchev–Trinajstić information content (AvgIpc) is 2.91. The van der Waals surface area contributed by atoms with Crippen molar-refractivity contribution in [3.05, 3.63) is 29.8 Å². The summed E-state index contributed by atoms with van der Waals surface area (Å²) in [6, 6.07) is 7.43. The van der Waals surface area contributed by atoms with Crippen molar-refractivity contribution in [2.24, 2.45) is 5.92 Å². The van der Waals surface area contributed by atoms with Crippen LogP contribution in [0.15, 0.2) is 24.3 Å². The van der Waals surface area contributed by atoms with Crippen molar-refractivity contribution in [3.8, 4) is 0 Å². The zero-order chi connectivity index (χ0) is 16.8. The number of amides is 2. The Labute approximate surface area is 150 Å². The number of hydrogen-bond donors (Lipinski definition) is 2. The highest BCUT2D eigenvalue weighted by molar-refractivity contribution is 5.97. The first-order valence-electron chi connectivity index (χ1n) is 8.43. The number of nitrogens with zero attached hydrogens (tertiary/aromatic N) is 1. The first kappa shape index (κ1) is 20.5. The molecular weight excluding hydrogens is 326 g/mol. The second-order valence-corrected chi connectivity index (χ2v) is 6.35. The molecule has 1 aromatic rings. The van der Waals surface area contributed by atoms with E-state index in [-0.39, 0.29) is 30.1 Å². The summed E-state index contributed by atoms with van der Waals surface area (Å²) in [6.07, 6.45) is 1.39. The van der Waals surface area contributed by atoms with Crippen LogP contribution in [0.25, 0.3) is 0 Å². The molecule has 0 spiro atoms. The van der Waals surface area contributed by atoms with Gasteiger partial charge in [-0.25, -0.2) is 0 Å². The van der Waals surface area contributed by atoms with Crippen LogP contribution >= 0.6 is 12.4 Å². The Hall–Kier alpha value is -1.59. The normalized spacial score (nSPS) is 15.3. The molecule has 0 bridgehead atoms. The van der Waals surface area contributed by atoms with Crippen molar-refractivity contribution < 1.29 is 9.59 Å². The van der Waals surface area contributed by atoms with Crippen LogP contribution in [0.5, 0.6) is 0 Å². The number of benzene rings is 1. The second-order valence-electron chi connectivity index (χ2n) is 6.35. The maximum atomic E-state index is 12.7. The minimum absolute atomic E-state index is 0. The molecule has 134 valence electrons. The van der Waals surface area contributed by atoms with Gasteiger partial charge in [0.15, 0.2) is 0 Å². The third-order valence-electron chi connectivity index (χ3n) is 4.12. The van der Waals surface area contributed by atoms with E-state index in [4.69, 9.17) is 0 Å². The van der Waals surface area contributed by atoms with Gasteiger partial charge in [-0.2, -0.15) is 0 Å². The van der Waals surface area contributed by atoms with Crippen molar-refractivity contribution in [3.63, 3.8) is 0 Å². The Bertz CT molecular complexity index is 563. The quantitative estimate of drug-likeness (QED) is 0.792. The number of likely N-dealkylation sites (tertiary alicyclic amines) is 1. The molecule has 2 N–H and O–H groups in total. The lowest BCUT2D eigenvalue weighted by molar-refractivity contribution is -0.136. The summed E-state index contributed by atoms with van der Waals surface area (Å²) in [5.74, 6) is 0.0672. The summed E-state index contributed by atoms with van der Waals surface area (Å²) >= 11 is 0. The zero-order valence-corrected chi connectivity index (χ0v) is 15.5. The summed E-state index contributed by atoms with van der Waals surface area (Å²) in [7, 11) is 0. The minimum Gasteiger partial charge on any atom is -0.330 e. The number of anilines is 1. The smallest absolute Gasteiger partial charge is 0.247 e. The highest BCUT2D eigenvalue weighted by Crippen LogP contribution is 2.21. The van der Waals surface area contributed by atoms with Gasteiger partial charge in [-0.3, -0.25) is 9.59 Å². The van der Waals surface area contributed by atoms with E-state index in [0.717, 1.165) is 30.8 Å². The van der Waals surface area contributed by atoms with Crippen molar-refractivity contribution in [2.75, 3.05) is 18.4 Å². The second kappa shape index (κ2) is 9.64. The lowest BCUT2D eigenvalue weighted by atomic mass is 10.0. The number of halogens is 1. The monoisotopic (exact) mass is 353 g/mol. The van der Waals surface area contributed by atoms with Gasteiger partial charge < -0.3 is 15.5 Å². The molecule has 0 radical (unpaired) electrons. The molecule has 1 saturated heterocycles. The number of carbonyl (C=O) groups excluding carboxylic acids is 2. The van der Waals surface area contributed by atoms with Crippen LogP contribution in [0.3, 0.4) is 0 Å². The summed E-state index contributed by atoms with van der Waals surface area (Å²) in [5, 5.41) is 6.25. The van der Waals surface area contributed by atoms with Gasteiger partial charge in [0.1, 0.15) is 6.04 Å². The van der Waals surface area contributed by atoms with Crippen LogP contribution in [0.2, 0.25) is 0 Å². The van der Waals surface area contributed by atoms with Crippen LogP contribution < -0.4 is 10.6 Å². The molecule has 1 unspecified atom stereocenters. The molecule has 0 aromatic heterocycles. The molecule has 1 aliphatic heterocycles. The Balaban J connectivity index is 0.00000288. The van der Waals surface area contributed by atoms with Crippen LogP contribution in [0, 0.1) is 5.92 Å². The van der Waals surface area contributed by atoms with E-state index in [1.165, 1.54) is 0 Å². The first-order chi connectivity index (χ1) is 11.0. The maximum absolute atomic E-state index is 12.7. The van der Waals surface area contributed by atoms with E-state index < -0.39 is 6.04 Å². The predicted octanol–water partition coefficient (Wildman–Crippen LogP) is 2.80. The molecule has 0 aliphatic carbocycles. The summed E-state index contributed by atoms with van der Waals surface area (Å²) in [6.45, 7) is 8.39. The van der Waals surface area contributed by atoms with E-state index in [1.54, 1.807) is 4.90 Å². The Morgan fingerprint density at radius 3 is 2.67 bits per heavy atom. The standard InChI is InChI=1S/C18H27N3O2.ClH/c1-4-19-12-14-7-5-8-15(11-14)20-18(23)17(13(2)3)21-10-6-9-16(21)22;/h5,7-8,11,13,17,19H,4,6,9-10,12H2,1-3H3,(H,20,23);1H. The Morgan fingerprint density at radius 2 is 2.08 bits per heavy atom. The molecule has 1 atom stereocenters. The van der Waals surface area contributed by atoms with Gasteiger partial charge in [0.05, 0.1) is 0 Å². The van der Waals surface area contributed by atoms with Crippen molar-refractivity contribution >= 4 is 29.9 Å². The van der Waals surface area contributed by atoms with E-state index >= 15 is 0 Å². The molecule has 1 fully saturated rings. The number of carbonyl (C=O) groups is 2. The first-order valence-corrected chi connectivity index (χ1v) is 8.43. The number of nitrogens with one attached hydrogen (secondary N) is 2. The topological polar surface area (TPSA) is 61.4 Å². The van der Waals surface area contributed by atoms with Gasteiger partial charge in [-0.1, -0.05) is 32.9 Å². The average molecular weight is 354 g/mol. The molecule has 1 heterocycles. The SMILES string of the molecule is CCNCc1cccc(NC(=O)C(C(C)C)N2CCCC2=O)c1.Cl. The number of rotatable bonds is 7. The lowest BCUT2D eigenvalue weighted by Crippen LogP contribution is -2.47. The summed E-state index contributed by atoms with van der Waals surface area (Å²) in [5.41, 5.74) is 1.91. The Kier molecular flexibility index (Phi) is 8.22. The van der Waals surface area contributed by atoms with Gasteiger partial charge in [0.25, 0.3) is 0 Å². The van der Waals surface area contributed by atoms with E-state index in [2.05, 4.69) is 17.6 Å². The fraction of sp³-hybridized carbons (Fsp3) is 0.556. The van der Waals surface area contributed by atoms with Crippen LogP contribution in [0.1, 0.15) is 39.2 Å². The molecule has 2 amide bonds. The van der Waals surface area contributed by atoms with E-state index in [9.17, 15) is 9.59 Å². The fourth-order valence-corrected chi connectivity index (χ4v) is 3.01. The summed E-state index contributed by atoms with van der Waals surface area (Å²) in [4.78, 5) is 26.4. The van der Waals surface area contributed by atoms with E-state index in [0.29, 0.717) is 13.0 Å². The van der Waals surface area contributed by atoms with Crippen molar-refractivity contribution in [1.82, 2.24) is 10.2 Å². The molecule has 0 saturated carbocycles. The fourth-order valence-electron chi connectivity index (χ4n) is 3.01. The van der Waals surface area contributed by atoms with Crippen molar-refractivity contribution in [1.29, 1.82) is 0 Å². The molecule has 6 heteroatoms. The maximum Gasteiger partial charge on any atom is 0.247 e. The highest BCUT2D eigenvalue weighted by Gasteiger charge is 2.34. The molecule has 1 aliphatic rings. The minimum atomic E-state index is -0.401. The van der Waals surface area contributed by atoms with Gasteiger partial charge in [-0.15, -0.1) is 12.4 Å². The van der Waals surface area contributed by atoms with Crippen LogP contribution in [-0.4, -0.2) is 35.8 Å². The third kappa shape index (κ3) is 5.21. The van der Waals surface area contributed by atoms with Gasteiger partial charge in [0.2, 0.25) is 11.8 Å². The van der Waals surface area contributed by atoms with Gasteiger partial charge in [0, 0.05) is 25.2 Å². The predicted molar refractivity (Wildman–Crippen MR) is 99.3 cm³/mol. The molecular formula is C18H28ClN3O2. The molecule has 5 nitrogen and oxygen atoms in total. The molecule has 1 aromatic carbocycles. The van der Waals surface area contributed by atoms with Crippen LogP contribution in [0.4, 0.5) is 5.69 Å². The third-order valence-corrected chi connectivity index (χ3v) is 4.12.